The molecule has 4 rings (SSSR count). The molecule has 3 amide bonds. The summed E-state index contributed by atoms with van der Waals surface area (Å²) in [4.78, 5) is 44.9. The minimum absolute atomic E-state index is 0.0522. The Morgan fingerprint density at radius 2 is 1.76 bits per heavy atom. The second-order valence-corrected chi connectivity index (χ2v) is 8.95. The third kappa shape index (κ3) is 4.91. The van der Waals surface area contributed by atoms with E-state index in [-0.39, 0.29) is 28.2 Å². The van der Waals surface area contributed by atoms with Gasteiger partial charge in [0.2, 0.25) is 5.91 Å². The first kappa shape index (κ1) is 23.4. The summed E-state index contributed by atoms with van der Waals surface area (Å²) in [5.74, 6) is -1.55. The summed E-state index contributed by atoms with van der Waals surface area (Å²) >= 11 is 0.823. The van der Waals surface area contributed by atoms with E-state index in [4.69, 9.17) is 11.5 Å². The van der Waals surface area contributed by atoms with Gasteiger partial charge in [0.15, 0.2) is 5.69 Å². The number of aromatic nitrogens is 2. The minimum Gasteiger partial charge on any atom is -0.395 e. The highest BCUT2D eigenvalue weighted by Crippen LogP contribution is 2.35. The fourth-order valence-corrected chi connectivity index (χ4v) is 5.04. The largest absolute Gasteiger partial charge is 0.395 e. The number of carbonyl (C=O) groups is 3. The Morgan fingerprint density at radius 1 is 1.09 bits per heavy atom. The van der Waals surface area contributed by atoms with Gasteiger partial charge in [0.05, 0.1) is 5.69 Å². The minimum atomic E-state index is -0.902. The van der Waals surface area contributed by atoms with Gasteiger partial charge in [-0.1, -0.05) is 43.2 Å². The number of primary amides is 1. The number of anilines is 1. The van der Waals surface area contributed by atoms with Crippen molar-refractivity contribution in [1.82, 2.24) is 19.6 Å². The van der Waals surface area contributed by atoms with Gasteiger partial charge in [-0.15, -0.1) is 0 Å². The molecule has 3 aromatic rings. The first-order valence-corrected chi connectivity index (χ1v) is 11.8. The number of nitrogens with two attached hydrogens (primary N) is 2. The van der Waals surface area contributed by atoms with Crippen LogP contribution in [0.5, 0.6) is 0 Å². The summed E-state index contributed by atoms with van der Waals surface area (Å²) in [6.07, 6.45) is 6.62. The van der Waals surface area contributed by atoms with Crippen LogP contribution in [0.1, 0.15) is 63.0 Å². The summed E-state index contributed by atoms with van der Waals surface area (Å²) in [5.41, 5.74) is 12.8. The smallest absolute Gasteiger partial charge is 0.270 e. The van der Waals surface area contributed by atoms with Gasteiger partial charge >= 0.3 is 0 Å². The Balaban J connectivity index is 1.72. The predicted molar refractivity (Wildman–Crippen MR) is 129 cm³/mol. The molecule has 0 saturated heterocycles. The maximum Gasteiger partial charge on any atom is 0.270 e. The van der Waals surface area contributed by atoms with Gasteiger partial charge in [-0.2, -0.15) is 4.37 Å². The molecular formula is C24H26N6O3S. The van der Waals surface area contributed by atoms with Gasteiger partial charge in [0.1, 0.15) is 10.9 Å². The topological polar surface area (TPSA) is 144 Å². The first-order chi connectivity index (χ1) is 16.5. The van der Waals surface area contributed by atoms with E-state index >= 15 is 0 Å². The van der Waals surface area contributed by atoms with Gasteiger partial charge < -0.3 is 21.7 Å². The summed E-state index contributed by atoms with van der Waals surface area (Å²) in [6, 6.07) is 12.0. The molecule has 1 atom stereocenters. The molecule has 0 radical (unpaired) electrons. The fourth-order valence-electron chi connectivity index (χ4n) is 4.29. The van der Waals surface area contributed by atoms with E-state index in [9.17, 15) is 14.4 Å². The van der Waals surface area contributed by atoms with Crippen LogP contribution in [0, 0.1) is 0 Å². The summed E-state index contributed by atoms with van der Waals surface area (Å²) in [5, 5.41) is 2.98. The average molecular weight is 479 g/mol. The van der Waals surface area contributed by atoms with E-state index in [2.05, 4.69) is 14.7 Å². The van der Waals surface area contributed by atoms with E-state index in [0.29, 0.717) is 12.1 Å². The Morgan fingerprint density at radius 3 is 2.38 bits per heavy atom. The van der Waals surface area contributed by atoms with Crippen molar-refractivity contribution in [3.8, 4) is 0 Å². The Kier molecular flexibility index (Phi) is 7.17. The first-order valence-electron chi connectivity index (χ1n) is 11.1. The van der Waals surface area contributed by atoms with Crippen LogP contribution in [-0.2, 0) is 11.3 Å². The van der Waals surface area contributed by atoms with Crippen LogP contribution in [0.3, 0.4) is 0 Å². The molecule has 10 heteroatoms. The number of hydrogen-bond donors (Lipinski definition) is 3. The second-order valence-electron chi connectivity index (χ2n) is 8.18. The molecule has 0 spiro atoms. The van der Waals surface area contributed by atoms with Crippen molar-refractivity contribution in [2.75, 3.05) is 5.73 Å². The van der Waals surface area contributed by atoms with Crippen molar-refractivity contribution in [2.24, 2.45) is 5.73 Å². The zero-order valence-electron chi connectivity index (χ0n) is 18.5. The number of pyridine rings is 1. The van der Waals surface area contributed by atoms with Crippen LogP contribution in [0.2, 0.25) is 0 Å². The van der Waals surface area contributed by atoms with Crippen LogP contribution in [0.15, 0.2) is 54.9 Å². The number of nitrogens with zero attached hydrogens (tertiary/aromatic N) is 3. The Bertz CT molecular complexity index is 1160. The summed E-state index contributed by atoms with van der Waals surface area (Å²) in [6.45, 7) is 0.322. The van der Waals surface area contributed by atoms with Crippen molar-refractivity contribution >= 4 is 34.9 Å². The van der Waals surface area contributed by atoms with E-state index in [0.717, 1.165) is 42.8 Å². The lowest BCUT2D eigenvalue weighted by Gasteiger charge is -2.35. The molecule has 2 aromatic heterocycles. The quantitative estimate of drug-likeness (QED) is 0.454. The molecule has 176 valence electrons. The number of hydrogen-bond acceptors (Lipinski definition) is 7. The average Bonchev–Trinajstić information content (AvgIpc) is 3.51. The fraction of sp³-hybridized carbons (Fsp3) is 0.292. The lowest BCUT2D eigenvalue weighted by atomic mass is 10.0. The van der Waals surface area contributed by atoms with Crippen LogP contribution >= 0.6 is 11.5 Å². The van der Waals surface area contributed by atoms with Crippen molar-refractivity contribution in [1.29, 1.82) is 0 Å². The highest BCUT2D eigenvalue weighted by atomic mass is 32.1. The van der Waals surface area contributed by atoms with Crippen LogP contribution in [0.25, 0.3) is 0 Å². The SMILES string of the molecule is NC(=O)c1nsc(C(=O)N(C2CCCC2)C(C(=O)NCc2ccccc2)c2ccncc2)c1N. The third-order valence-corrected chi connectivity index (χ3v) is 6.82. The molecule has 0 aliphatic heterocycles. The molecular weight excluding hydrogens is 452 g/mol. The van der Waals surface area contributed by atoms with E-state index in [1.54, 1.807) is 29.4 Å². The van der Waals surface area contributed by atoms with E-state index in [1.807, 2.05) is 30.3 Å². The predicted octanol–water partition coefficient (Wildman–Crippen LogP) is 2.66. The molecule has 1 aliphatic rings. The van der Waals surface area contributed by atoms with Crippen LogP contribution in [-0.4, -0.2) is 38.0 Å². The van der Waals surface area contributed by atoms with Crippen molar-refractivity contribution in [2.45, 2.75) is 44.3 Å². The molecule has 0 bridgehead atoms. The van der Waals surface area contributed by atoms with Crippen LogP contribution in [0.4, 0.5) is 5.69 Å². The maximum absolute atomic E-state index is 13.9. The Hall–Kier alpha value is -3.79. The lowest BCUT2D eigenvalue weighted by Crippen LogP contribution is -2.48. The molecule has 2 heterocycles. The van der Waals surface area contributed by atoms with Gasteiger partial charge in [0.25, 0.3) is 11.8 Å². The van der Waals surface area contributed by atoms with Gasteiger partial charge in [-0.05, 0) is 47.6 Å². The number of nitrogens with one attached hydrogen (secondary N) is 1. The molecule has 1 fully saturated rings. The molecule has 1 aromatic carbocycles. The van der Waals surface area contributed by atoms with Crippen molar-refractivity contribution in [3.63, 3.8) is 0 Å². The molecule has 5 N–H and O–H groups in total. The van der Waals surface area contributed by atoms with E-state index < -0.39 is 17.9 Å². The number of amides is 3. The number of rotatable bonds is 8. The number of benzene rings is 1. The third-order valence-electron chi connectivity index (χ3n) is 5.97. The zero-order valence-corrected chi connectivity index (χ0v) is 19.3. The molecule has 1 unspecified atom stereocenters. The Labute approximate surface area is 201 Å². The van der Waals surface area contributed by atoms with Gasteiger partial charge in [-0.25, -0.2) is 0 Å². The molecule has 34 heavy (non-hydrogen) atoms. The highest BCUT2D eigenvalue weighted by molar-refractivity contribution is 7.09. The monoisotopic (exact) mass is 478 g/mol. The number of nitrogen functional groups attached to an aromatic ring is 1. The van der Waals surface area contributed by atoms with Crippen LogP contribution < -0.4 is 16.8 Å². The summed E-state index contributed by atoms with van der Waals surface area (Å²) < 4.78 is 3.98. The van der Waals surface area contributed by atoms with E-state index in [1.165, 1.54) is 0 Å². The van der Waals surface area contributed by atoms with Crippen molar-refractivity contribution < 1.29 is 14.4 Å². The summed E-state index contributed by atoms with van der Waals surface area (Å²) in [7, 11) is 0. The van der Waals surface area contributed by atoms with Gasteiger partial charge in [-0.3, -0.25) is 19.4 Å². The van der Waals surface area contributed by atoms with Crippen molar-refractivity contribution in [3.05, 3.63) is 76.6 Å². The van der Waals surface area contributed by atoms with Gasteiger partial charge in [0, 0.05) is 25.0 Å². The number of carbonyl (C=O) groups excluding carboxylic acids is 3. The lowest BCUT2D eigenvalue weighted by molar-refractivity contribution is -0.126. The zero-order chi connectivity index (χ0) is 24.1. The molecule has 1 saturated carbocycles. The molecule has 1 aliphatic carbocycles. The molecule has 9 nitrogen and oxygen atoms in total. The maximum atomic E-state index is 13.9. The highest BCUT2D eigenvalue weighted by Gasteiger charge is 2.39. The normalized spacial score (nSPS) is 14.5. The standard InChI is InChI=1S/C24H26N6O3S/c25-18-19(22(26)31)29-34-21(18)24(33)30(17-8-4-5-9-17)20(16-10-12-27-13-11-16)23(32)28-14-15-6-2-1-3-7-15/h1-3,6-7,10-13,17,20H,4-5,8-9,14,25H2,(H2,26,31)(H,28,32). The second kappa shape index (κ2) is 10.4.